The summed E-state index contributed by atoms with van der Waals surface area (Å²) in [5.74, 6) is 0.0831. The second-order valence-corrected chi connectivity index (χ2v) is 6.70. The predicted molar refractivity (Wildman–Crippen MR) is 99.5 cm³/mol. The molecule has 3 rings (SSSR count). The molecule has 1 heterocycles. The van der Waals surface area contributed by atoms with Gasteiger partial charge < -0.3 is 15.0 Å². The van der Waals surface area contributed by atoms with Crippen molar-refractivity contribution < 1.29 is 9.53 Å². The highest BCUT2D eigenvalue weighted by atomic mass is 16.5. The first kappa shape index (κ1) is 17.6. The normalized spacial score (nSPS) is 18.7. The fraction of sp³-hybridized carbons (Fsp3) is 0.381. The first-order valence-electron chi connectivity index (χ1n) is 8.88. The van der Waals surface area contributed by atoms with Crippen molar-refractivity contribution in [3.8, 4) is 0 Å². The highest BCUT2D eigenvalue weighted by molar-refractivity contribution is 5.87. The van der Waals surface area contributed by atoms with E-state index in [0.717, 1.165) is 30.8 Å². The third-order valence-corrected chi connectivity index (χ3v) is 4.63. The van der Waals surface area contributed by atoms with E-state index >= 15 is 0 Å². The molecule has 0 aromatic heterocycles. The molecule has 1 atom stereocenters. The van der Waals surface area contributed by atoms with Gasteiger partial charge >= 0.3 is 0 Å². The number of amides is 1. The Hall–Kier alpha value is -2.17. The molecule has 0 unspecified atom stereocenters. The maximum atomic E-state index is 13.0. The molecule has 2 aromatic rings. The summed E-state index contributed by atoms with van der Waals surface area (Å²) < 4.78 is 5.65. The second kappa shape index (κ2) is 8.79. The van der Waals surface area contributed by atoms with E-state index in [9.17, 15) is 4.79 Å². The van der Waals surface area contributed by atoms with Gasteiger partial charge in [0.2, 0.25) is 5.91 Å². The molecule has 1 aliphatic heterocycles. The molecular formula is C21H26N2O2. The molecule has 1 aliphatic rings. The molecule has 2 aromatic carbocycles. The fourth-order valence-corrected chi connectivity index (χ4v) is 3.31. The predicted octanol–water partition coefficient (Wildman–Crippen LogP) is 2.51. The van der Waals surface area contributed by atoms with Crippen molar-refractivity contribution in [2.45, 2.75) is 5.92 Å². The molecule has 132 valence electrons. The van der Waals surface area contributed by atoms with Crippen LogP contribution in [0.3, 0.4) is 0 Å². The van der Waals surface area contributed by atoms with Crippen LogP contribution in [-0.4, -0.2) is 50.7 Å². The van der Waals surface area contributed by atoms with Crippen molar-refractivity contribution in [1.29, 1.82) is 0 Å². The van der Waals surface area contributed by atoms with Crippen molar-refractivity contribution in [3.05, 3.63) is 71.8 Å². The van der Waals surface area contributed by atoms with Gasteiger partial charge in [0.25, 0.3) is 0 Å². The smallest absolute Gasteiger partial charge is 0.232 e. The standard InChI is InChI=1S/C21H26N2O2/c1-23-12-13-25-16-17(15-23)14-22-21(24)20(18-8-4-2-5-9-18)19-10-6-3-7-11-19/h2-11,17,20H,12-16H2,1H3,(H,22,24)/t17-/m0/s1. The minimum Gasteiger partial charge on any atom is -0.380 e. The average Bonchev–Trinajstić information content (AvgIpc) is 2.86. The van der Waals surface area contributed by atoms with E-state index in [-0.39, 0.29) is 11.8 Å². The fourth-order valence-electron chi connectivity index (χ4n) is 3.31. The number of nitrogens with zero attached hydrogens (tertiary/aromatic N) is 1. The summed E-state index contributed by atoms with van der Waals surface area (Å²) >= 11 is 0. The maximum Gasteiger partial charge on any atom is 0.232 e. The molecule has 1 saturated heterocycles. The molecule has 1 N–H and O–H groups in total. The first-order valence-corrected chi connectivity index (χ1v) is 8.88. The Labute approximate surface area is 149 Å². The third kappa shape index (κ3) is 4.91. The highest BCUT2D eigenvalue weighted by Crippen LogP contribution is 2.24. The minimum absolute atomic E-state index is 0.0456. The number of rotatable bonds is 5. The van der Waals surface area contributed by atoms with Gasteiger partial charge in [0.15, 0.2) is 0 Å². The van der Waals surface area contributed by atoms with Crippen LogP contribution in [0.25, 0.3) is 0 Å². The van der Waals surface area contributed by atoms with E-state index in [0.29, 0.717) is 19.1 Å². The number of hydrogen-bond donors (Lipinski definition) is 1. The quantitative estimate of drug-likeness (QED) is 0.911. The van der Waals surface area contributed by atoms with Gasteiger partial charge in [0.1, 0.15) is 0 Å². The number of hydrogen-bond acceptors (Lipinski definition) is 3. The molecule has 0 saturated carbocycles. The van der Waals surface area contributed by atoms with Crippen LogP contribution >= 0.6 is 0 Å². The van der Waals surface area contributed by atoms with Gasteiger partial charge in [-0.1, -0.05) is 60.7 Å². The van der Waals surface area contributed by atoms with E-state index in [1.54, 1.807) is 0 Å². The van der Waals surface area contributed by atoms with Crippen molar-refractivity contribution in [3.63, 3.8) is 0 Å². The Morgan fingerprint density at radius 1 is 1.12 bits per heavy atom. The van der Waals surface area contributed by atoms with Crippen molar-refractivity contribution in [2.75, 3.05) is 39.9 Å². The lowest BCUT2D eigenvalue weighted by molar-refractivity contribution is -0.122. The Morgan fingerprint density at radius 3 is 2.32 bits per heavy atom. The number of benzene rings is 2. The van der Waals surface area contributed by atoms with Crippen molar-refractivity contribution in [1.82, 2.24) is 10.2 Å². The monoisotopic (exact) mass is 338 g/mol. The first-order chi connectivity index (χ1) is 12.2. The Kier molecular flexibility index (Phi) is 6.20. The Morgan fingerprint density at radius 2 is 1.72 bits per heavy atom. The van der Waals surface area contributed by atoms with Gasteiger partial charge in [-0.2, -0.15) is 0 Å². The molecule has 0 bridgehead atoms. The van der Waals surface area contributed by atoms with E-state index < -0.39 is 0 Å². The lowest BCUT2D eigenvalue weighted by Gasteiger charge is -2.22. The van der Waals surface area contributed by atoms with Crippen LogP contribution in [0.4, 0.5) is 0 Å². The summed E-state index contributed by atoms with van der Waals surface area (Å²) in [5.41, 5.74) is 2.03. The largest absolute Gasteiger partial charge is 0.380 e. The van der Waals surface area contributed by atoms with E-state index in [2.05, 4.69) is 17.3 Å². The van der Waals surface area contributed by atoms with E-state index in [4.69, 9.17) is 4.74 Å². The van der Waals surface area contributed by atoms with Crippen LogP contribution in [-0.2, 0) is 9.53 Å². The highest BCUT2D eigenvalue weighted by Gasteiger charge is 2.24. The number of carbonyl (C=O) groups excluding carboxylic acids is 1. The Balaban J connectivity index is 1.71. The summed E-state index contributed by atoms with van der Waals surface area (Å²) in [6.07, 6.45) is 0. The molecule has 25 heavy (non-hydrogen) atoms. The Bertz CT molecular complexity index is 621. The third-order valence-electron chi connectivity index (χ3n) is 4.63. The van der Waals surface area contributed by atoms with E-state index in [1.807, 2.05) is 60.7 Å². The average molecular weight is 338 g/mol. The van der Waals surface area contributed by atoms with Gasteiger partial charge in [0, 0.05) is 25.6 Å². The van der Waals surface area contributed by atoms with Crippen LogP contribution in [0.15, 0.2) is 60.7 Å². The van der Waals surface area contributed by atoms with Crippen molar-refractivity contribution >= 4 is 5.91 Å². The van der Waals surface area contributed by atoms with Gasteiger partial charge in [-0.3, -0.25) is 4.79 Å². The number of ether oxygens (including phenoxy) is 1. The zero-order valence-corrected chi connectivity index (χ0v) is 14.7. The topological polar surface area (TPSA) is 41.6 Å². The number of nitrogens with one attached hydrogen (secondary N) is 1. The summed E-state index contributed by atoms with van der Waals surface area (Å²) in [5, 5.41) is 3.15. The van der Waals surface area contributed by atoms with Crippen LogP contribution in [0.5, 0.6) is 0 Å². The number of likely N-dealkylation sites (N-methyl/N-ethyl adjacent to an activating group) is 1. The SMILES string of the molecule is CN1CCOC[C@@H](CNC(=O)C(c2ccccc2)c2ccccc2)C1. The minimum atomic E-state index is -0.285. The molecule has 4 nitrogen and oxygen atoms in total. The van der Waals surface area contributed by atoms with Crippen LogP contribution in [0.1, 0.15) is 17.0 Å². The molecule has 1 amide bonds. The van der Waals surface area contributed by atoms with Gasteiger partial charge in [-0.25, -0.2) is 0 Å². The molecule has 4 heteroatoms. The van der Waals surface area contributed by atoms with Gasteiger partial charge in [-0.15, -0.1) is 0 Å². The molecule has 0 aliphatic carbocycles. The van der Waals surface area contributed by atoms with E-state index in [1.165, 1.54) is 0 Å². The second-order valence-electron chi connectivity index (χ2n) is 6.70. The molecular weight excluding hydrogens is 312 g/mol. The van der Waals surface area contributed by atoms with Crippen molar-refractivity contribution in [2.24, 2.45) is 5.92 Å². The lowest BCUT2D eigenvalue weighted by atomic mass is 9.90. The summed E-state index contributed by atoms with van der Waals surface area (Å²) in [7, 11) is 2.10. The lowest BCUT2D eigenvalue weighted by Crippen LogP contribution is -2.38. The number of carbonyl (C=O) groups is 1. The maximum absolute atomic E-state index is 13.0. The summed E-state index contributed by atoms with van der Waals surface area (Å²) in [4.78, 5) is 15.2. The summed E-state index contributed by atoms with van der Waals surface area (Å²) in [6.45, 7) is 3.99. The van der Waals surface area contributed by atoms with Crippen LogP contribution < -0.4 is 5.32 Å². The van der Waals surface area contributed by atoms with Crippen LogP contribution in [0, 0.1) is 5.92 Å². The molecule has 1 fully saturated rings. The zero-order chi connectivity index (χ0) is 17.5. The molecule has 0 spiro atoms. The summed E-state index contributed by atoms with van der Waals surface area (Å²) in [6, 6.07) is 19.9. The van der Waals surface area contributed by atoms with Crippen LogP contribution in [0.2, 0.25) is 0 Å². The molecule has 0 radical (unpaired) electrons. The van der Waals surface area contributed by atoms with Gasteiger partial charge in [0.05, 0.1) is 19.1 Å². The van der Waals surface area contributed by atoms with Gasteiger partial charge in [-0.05, 0) is 18.2 Å². The zero-order valence-electron chi connectivity index (χ0n) is 14.7.